The average Bonchev–Trinajstić information content (AvgIpc) is 2.56. The molecule has 110 valence electrons. The quantitative estimate of drug-likeness (QED) is 0.786. The Morgan fingerprint density at radius 2 is 2.00 bits per heavy atom. The molecule has 1 aliphatic rings. The first kappa shape index (κ1) is 14.9. The van der Waals surface area contributed by atoms with Gasteiger partial charge in [-0.3, -0.25) is 9.69 Å². The molecule has 0 N–H and O–H groups in total. The van der Waals surface area contributed by atoms with Crippen LogP contribution in [0.5, 0.6) is 0 Å². The van der Waals surface area contributed by atoms with Crippen molar-refractivity contribution >= 4 is 21.6 Å². The molecule has 2 rings (SSSR count). The van der Waals surface area contributed by atoms with Crippen LogP contribution in [0.15, 0.2) is 11.4 Å². The Morgan fingerprint density at radius 1 is 1.40 bits per heavy atom. The zero-order valence-corrected chi connectivity index (χ0v) is 13.2. The third-order valence-electron chi connectivity index (χ3n) is 3.76. The minimum absolute atomic E-state index is 0.0367. The molecule has 1 atom stereocenters. The lowest BCUT2D eigenvalue weighted by molar-refractivity contribution is -0.122. The van der Waals surface area contributed by atoms with E-state index in [1.165, 1.54) is 6.20 Å². The molecule has 0 aromatic carbocycles. The van der Waals surface area contributed by atoms with Gasteiger partial charge in [-0.1, -0.05) is 6.92 Å². The summed E-state index contributed by atoms with van der Waals surface area (Å²) in [5, 5.41) is -0.241. The summed E-state index contributed by atoms with van der Waals surface area (Å²) in [5.41, 5.74) is -0.0513. The van der Waals surface area contributed by atoms with Crippen LogP contribution >= 0.6 is 0 Å². The topological polar surface area (TPSA) is 80.2 Å². The molecule has 0 aliphatic carbocycles. The largest absolute Gasteiger partial charge is 0.293 e. The van der Waals surface area contributed by atoms with Crippen molar-refractivity contribution in [2.45, 2.75) is 50.7 Å². The summed E-state index contributed by atoms with van der Waals surface area (Å²) in [5.74, 6) is 0.353. The molecule has 0 spiro atoms. The molecule has 0 saturated carbocycles. The summed E-state index contributed by atoms with van der Waals surface area (Å²) in [6.45, 7) is 7.51. The fourth-order valence-corrected chi connectivity index (χ4v) is 2.76. The van der Waals surface area contributed by atoms with E-state index in [4.69, 9.17) is 0 Å². The molecular weight excluding hydrogens is 278 g/mol. The van der Waals surface area contributed by atoms with Gasteiger partial charge in [0.05, 0.1) is 5.41 Å². The molecule has 0 saturated heterocycles. The minimum atomic E-state index is -3.50. The van der Waals surface area contributed by atoms with Crippen molar-refractivity contribution in [1.82, 2.24) is 9.97 Å². The Hall–Kier alpha value is -1.50. The second-order valence-electron chi connectivity index (χ2n) is 5.72. The second-order valence-corrected chi connectivity index (χ2v) is 7.63. The van der Waals surface area contributed by atoms with Gasteiger partial charge >= 0.3 is 0 Å². The molecular formula is C13H19N3O3S. The number of sulfone groups is 1. The van der Waals surface area contributed by atoms with Crippen LogP contribution in [0, 0.1) is 0 Å². The lowest BCUT2D eigenvalue weighted by Crippen LogP contribution is -2.41. The normalized spacial score (nSPS) is 19.1. The van der Waals surface area contributed by atoms with Gasteiger partial charge in [0.15, 0.2) is 0 Å². The predicted molar refractivity (Wildman–Crippen MR) is 75.4 cm³/mol. The first-order valence-corrected chi connectivity index (χ1v) is 8.41. The molecule has 20 heavy (non-hydrogen) atoms. The Morgan fingerprint density at radius 3 is 2.50 bits per heavy atom. The first-order valence-electron chi connectivity index (χ1n) is 6.52. The zero-order valence-electron chi connectivity index (χ0n) is 12.3. The van der Waals surface area contributed by atoms with Crippen LogP contribution in [0.25, 0.3) is 0 Å². The van der Waals surface area contributed by atoms with E-state index < -0.39 is 15.3 Å². The van der Waals surface area contributed by atoms with Crippen LogP contribution in [-0.4, -0.2) is 36.6 Å². The van der Waals surface area contributed by atoms with E-state index in [1.807, 2.05) is 13.8 Å². The molecule has 1 amide bonds. The Labute approximate surface area is 119 Å². The number of amides is 1. The van der Waals surface area contributed by atoms with Crippen LogP contribution in [-0.2, 0) is 20.0 Å². The van der Waals surface area contributed by atoms with E-state index in [0.29, 0.717) is 11.4 Å². The van der Waals surface area contributed by atoms with Gasteiger partial charge < -0.3 is 0 Å². The highest BCUT2D eigenvalue weighted by molar-refractivity contribution is 7.90. The molecule has 2 heterocycles. The maximum atomic E-state index is 12.6. The van der Waals surface area contributed by atoms with Crippen LogP contribution in [0.2, 0.25) is 0 Å². The second kappa shape index (κ2) is 4.51. The van der Waals surface area contributed by atoms with Gasteiger partial charge in [0, 0.05) is 24.1 Å². The van der Waals surface area contributed by atoms with Crippen LogP contribution in [0.3, 0.4) is 0 Å². The summed E-state index contributed by atoms with van der Waals surface area (Å²) in [6, 6.07) is -0.0367. The fraction of sp³-hybridized carbons (Fsp3) is 0.615. The highest BCUT2D eigenvalue weighted by Crippen LogP contribution is 2.41. The van der Waals surface area contributed by atoms with Crippen LogP contribution in [0.4, 0.5) is 5.82 Å². The lowest BCUT2D eigenvalue weighted by Gasteiger charge is -2.25. The number of aromatic nitrogens is 2. The van der Waals surface area contributed by atoms with Gasteiger partial charge in [-0.05, 0) is 27.2 Å². The highest BCUT2D eigenvalue weighted by Gasteiger charge is 2.47. The van der Waals surface area contributed by atoms with Crippen molar-refractivity contribution < 1.29 is 13.2 Å². The summed E-state index contributed by atoms with van der Waals surface area (Å²) in [7, 11) is -3.50. The minimum Gasteiger partial charge on any atom is -0.293 e. The molecule has 1 aromatic heterocycles. The van der Waals surface area contributed by atoms with Gasteiger partial charge in [0.1, 0.15) is 5.82 Å². The standard InChI is InChI=1S/C13H19N3O3S/c1-6-8(2)16-10-9(13(3,4)11(16)17)7-14-12(15-10)20(5,18)19/h7-8H,6H2,1-5H3/t8-/m0/s1. The molecule has 1 aromatic rings. The monoisotopic (exact) mass is 297 g/mol. The van der Waals surface area contributed by atoms with Crippen LogP contribution in [0.1, 0.15) is 39.7 Å². The Bertz CT molecular complexity index is 667. The predicted octanol–water partition coefficient (Wildman–Crippen LogP) is 1.30. The number of nitrogens with zero attached hydrogens (tertiary/aromatic N) is 3. The SMILES string of the molecule is CC[C@H](C)N1C(=O)C(C)(C)c2cnc(S(C)(=O)=O)nc21. The Balaban J connectivity index is 2.68. The van der Waals surface area contributed by atoms with E-state index in [9.17, 15) is 13.2 Å². The third-order valence-corrected chi connectivity index (χ3v) is 4.62. The first-order chi connectivity index (χ1) is 9.10. The molecule has 0 unspecified atom stereocenters. The van der Waals surface area contributed by atoms with Gasteiger partial charge in [-0.2, -0.15) is 0 Å². The van der Waals surface area contributed by atoms with Crippen molar-refractivity contribution in [3.8, 4) is 0 Å². The number of fused-ring (bicyclic) bond motifs is 1. The fourth-order valence-electron chi connectivity index (χ4n) is 2.26. The maximum Gasteiger partial charge on any atom is 0.248 e. The highest BCUT2D eigenvalue weighted by atomic mass is 32.2. The number of hydrogen-bond acceptors (Lipinski definition) is 5. The van der Waals surface area contributed by atoms with Gasteiger partial charge in [0.2, 0.25) is 20.9 Å². The van der Waals surface area contributed by atoms with Gasteiger partial charge in [-0.25, -0.2) is 18.4 Å². The maximum absolute atomic E-state index is 12.6. The summed E-state index contributed by atoms with van der Waals surface area (Å²) in [6.07, 6.45) is 3.28. The summed E-state index contributed by atoms with van der Waals surface area (Å²) in [4.78, 5) is 22.2. The zero-order chi connectivity index (χ0) is 15.3. The van der Waals surface area contributed by atoms with Crippen molar-refractivity contribution in [2.24, 2.45) is 0 Å². The summed E-state index contributed by atoms with van der Waals surface area (Å²) < 4.78 is 23.2. The lowest BCUT2D eigenvalue weighted by atomic mass is 9.88. The molecule has 0 radical (unpaired) electrons. The van der Waals surface area contributed by atoms with E-state index in [-0.39, 0.29) is 17.1 Å². The van der Waals surface area contributed by atoms with E-state index in [2.05, 4.69) is 9.97 Å². The van der Waals surface area contributed by atoms with Crippen LogP contribution < -0.4 is 4.90 Å². The van der Waals surface area contributed by atoms with Crippen molar-refractivity contribution in [3.63, 3.8) is 0 Å². The van der Waals surface area contributed by atoms with Crippen molar-refractivity contribution in [2.75, 3.05) is 11.2 Å². The number of carbonyl (C=O) groups excluding carboxylic acids is 1. The molecule has 6 nitrogen and oxygen atoms in total. The Kier molecular flexibility index (Phi) is 3.36. The molecule has 0 fully saturated rings. The summed E-state index contributed by atoms with van der Waals surface area (Å²) >= 11 is 0. The number of rotatable bonds is 3. The number of carbonyl (C=O) groups is 1. The smallest absolute Gasteiger partial charge is 0.248 e. The van der Waals surface area contributed by atoms with Gasteiger partial charge in [-0.15, -0.1) is 0 Å². The van der Waals surface area contributed by atoms with Crippen molar-refractivity contribution in [1.29, 1.82) is 0 Å². The van der Waals surface area contributed by atoms with Gasteiger partial charge in [0.25, 0.3) is 0 Å². The van der Waals surface area contributed by atoms with Crippen molar-refractivity contribution in [3.05, 3.63) is 11.8 Å². The van der Waals surface area contributed by atoms with E-state index >= 15 is 0 Å². The average molecular weight is 297 g/mol. The third kappa shape index (κ3) is 2.09. The number of anilines is 1. The molecule has 1 aliphatic heterocycles. The molecule has 0 bridgehead atoms. The molecule has 7 heteroatoms. The van der Waals surface area contributed by atoms with E-state index in [1.54, 1.807) is 18.7 Å². The number of hydrogen-bond donors (Lipinski definition) is 0. The van der Waals surface area contributed by atoms with E-state index in [0.717, 1.165) is 12.7 Å².